The van der Waals surface area contributed by atoms with Crippen LogP contribution in [-0.2, 0) is 7.05 Å². The van der Waals surface area contributed by atoms with Gasteiger partial charge in [-0.2, -0.15) is 0 Å². The Morgan fingerprint density at radius 1 is 1.14 bits per heavy atom. The Labute approximate surface area is 209 Å². The molecule has 2 N–H and O–H groups in total. The SMILES string of the molecule is Cc1cc(-c2ccc(-n3ccn(C)c3=O)c(Cl)c2)c(O)c(-c2ccnc(N3C[C@H](O)C(F)(F)C3)c2)n1. The summed E-state index contributed by atoms with van der Waals surface area (Å²) in [5.74, 6) is -3.11. The largest absolute Gasteiger partial charge is 0.505 e. The number of β-amino-alcohol motifs (C(OH)–C–C–N with tert-alkyl or cyclic N) is 1. The lowest BCUT2D eigenvalue weighted by Gasteiger charge is -2.18. The number of aromatic nitrogens is 4. The average Bonchev–Trinajstić information content (AvgIpc) is 3.32. The third kappa shape index (κ3) is 4.12. The summed E-state index contributed by atoms with van der Waals surface area (Å²) in [6.45, 7) is 0.862. The minimum absolute atomic E-state index is 0.120. The highest BCUT2D eigenvalue weighted by Gasteiger charge is 2.47. The minimum atomic E-state index is -3.23. The van der Waals surface area contributed by atoms with Gasteiger partial charge in [0, 0.05) is 42.5 Å². The Hall–Kier alpha value is -3.76. The van der Waals surface area contributed by atoms with Gasteiger partial charge in [0.15, 0.2) is 0 Å². The Morgan fingerprint density at radius 3 is 2.56 bits per heavy atom. The molecule has 0 radical (unpaired) electrons. The van der Waals surface area contributed by atoms with Gasteiger partial charge in [-0.25, -0.2) is 23.5 Å². The van der Waals surface area contributed by atoms with Crippen molar-refractivity contribution in [1.82, 2.24) is 19.1 Å². The Bertz CT molecular complexity index is 1530. The molecule has 36 heavy (non-hydrogen) atoms. The van der Waals surface area contributed by atoms with Crippen molar-refractivity contribution >= 4 is 17.4 Å². The smallest absolute Gasteiger partial charge is 0.332 e. The van der Waals surface area contributed by atoms with E-state index in [1.54, 1.807) is 62.8 Å². The van der Waals surface area contributed by atoms with Crippen molar-refractivity contribution in [1.29, 1.82) is 0 Å². The summed E-state index contributed by atoms with van der Waals surface area (Å²) >= 11 is 6.51. The molecule has 0 saturated carbocycles. The lowest BCUT2D eigenvalue weighted by atomic mass is 10.0. The van der Waals surface area contributed by atoms with Crippen molar-refractivity contribution in [3.05, 3.63) is 76.2 Å². The predicted octanol–water partition coefficient (Wildman–Crippen LogP) is 3.78. The van der Waals surface area contributed by atoms with Crippen LogP contribution in [0, 0.1) is 6.92 Å². The normalized spacial score (nSPS) is 17.1. The molecule has 1 aliphatic heterocycles. The molecule has 5 rings (SSSR count). The second-order valence-corrected chi connectivity index (χ2v) is 9.20. The molecule has 4 heterocycles. The number of alkyl halides is 2. The van der Waals surface area contributed by atoms with Crippen molar-refractivity contribution < 1.29 is 19.0 Å². The van der Waals surface area contributed by atoms with Crippen LogP contribution in [0.5, 0.6) is 5.75 Å². The van der Waals surface area contributed by atoms with Crippen LogP contribution in [0.1, 0.15) is 5.69 Å². The van der Waals surface area contributed by atoms with Gasteiger partial charge in [0.25, 0.3) is 5.92 Å². The van der Waals surface area contributed by atoms with E-state index in [1.165, 1.54) is 20.2 Å². The maximum absolute atomic E-state index is 13.8. The number of hydrogen-bond donors (Lipinski definition) is 2. The number of pyridine rings is 2. The summed E-state index contributed by atoms with van der Waals surface area (Å²) in [5, 5.41) is 21.1. The Morgan fingerprint density at radius 2 is 1.92 bits per heavy atom. The molecule has 4 aromatic rings. The second-order valence-electron chi connectivity index (χ2n) is 8.80. The van der Waals surface area contributed by atoms with Crippen LogP contribution in [-0.4, -0.2) is 54.4 Å². The first-order valence-corrected chi connectivity index (χ1v) is 11.4. The van der Waals surface area contributed by atoms with E-state index in [4.69, 9.17) is 11.6 Å². The standard InChI is InChI=1S/C25H22ClF2N5O3/c1-14-9-17(15-3-4-19(18(26)10-15)33-8-7-31(2)24(33)36)23(35)22(30-14)16-5-6-29-21(11-16)32-12-20(34)25(27,28)13-32/h3-11,20,34-35H,12-13H2,1-2H3/t20-/m0/s1. The van der Waals surface area contributed by atoms with E-state index in [0.29, 0.717) is 33.1 Å². The highest BCUT2D eigenvalue weighted by atomic mass is 35.5. The van der Waals surface area contributed by atoms with Gasteiger partial charge in [0.1, 0.15) is 23.4 Å². The van der Waals surface area contributed by atoms with E-state index in [9.17, 15) is 23.8 Å². The fourth-order valence-corrected chi connectivity index (χ4v) is 4.56. The summed E-state index contributed by atoms with van der Waals surface area (Å²) in [5.41, 5.74) is 2.66. The molecule has 1 saturated heterocycles. The summed E-state index contributed by atoms with van der Waals surface area (Å²) in [4.78, 5) is 22.2. The van der Waals surface area contributed by atoms with Crippen LogP contribution in [0.2, 0.25) is 5.02 Å². The van der Waals surface area contributed by atoms with Gasteiger partial charge in [-0.05, 0) is 42.8 Å². The molecule has 0 unspecified atom stereocenters. The summed E-state index contributed by atoms with van der Waals surface area (Å²) in [6, 6.07) is 9.97. The van der Waals surface area contributed by atoms with Gasteiger partial charge in [-0.15, -0.1) is 0 Å². The fraction of sp³-hybridized carbons (Fsp3) is 0.240. The van der Waals surface area contributed by atoms with Crippen molar-refractivity contribution in [2.75, 3.05) is 18.0 Å². The third-order valence-corrected chi connectivity index (χ3v) is 6.51. The van der Waals surface area contributed by atoms with Gasteiger partial charge >= 0.3 is 5.69 Å². The molecule has 1 aliphatic rings. The van der Waals surface area contributed by atoms with E-state index >= 15 is 0 Å². The lowest BCUT2D eigenvalue weighted by molar-refractivity contribution is -0.0712. The maximum atomic E-state index is 13.8. The molecule has 8 nitrogen and oxygen atoms in total. The van der Waals surface area contributed by atoms with Crippen LogP contribution in [0.3, 0.4) is 0 Å². The number of nitrogens with zero attached hydrogens (tertiary/aromatic N) is 5. The van der Waals surface area contributed by atoms with Crippen LogP contribution in [0.4, 0.5) is 14.6 Å². The molecule has 1 atom stereocenters. The molecule has 3 aromatic heterocycles. The zero-order chi connectivity index (χ0) is 25.8. The number of aliphatic hydroxyl groups excluding tert-OH is 1. The first-order chi connectivity index (χ1) is 17.0. The fourth-order valence-electron chi connectivity index (χ4n) is 4.28. The van der Waals surface area contributed by atoms with E-state index in [2.05, 4.69) is 9.97 Å². The minimum Gasteiger partial charge on any atom is -0.505 e. The summed E-state index contributed by atoms with van der Waals surface area (Å²) in [6.07, 6.45) is 2.91. The first kappa shape index (κ1) is 24.0. The van der Waals surface area contributed by atoms with Crippen LogP contribution in [0.15, 0.2) is 59.8 Å². The third-order valence-electron chi connectivity index (χ3n) is 6.21. The van der Waals surface area contributed by atoms with E-state index in [0.717, 1.165) is 0 Å². The molecule has 1 aromatic carbocycles. The Balaban J connectivity index is 1.54. The van der Waals surface area contributed by atoms with Crippen LogP contribution >= 0.6 is 11.6 Å². The van der Waals surface area contributed by atoms with Gasteiger partial charge in [-0.3, -0.25) is 4.57 Å². The van der Waals surface area contributed by atoms with Gasteiger partial charge < -0.3 is 19.7 Å². The number of anilines is 1. The number of halogens is 3. The lowest BCUT2D eigenvalue weighted by Crippen LogP contribution is -2.31. The van der Waals surface area contributed by atoms with E-state index in [1.807, 2.05) is 0 Å². The van der Waals surface area contributed by atoms with Crippen molar-refractivity contribution in [2.24, 2.45) is 7.05 Å². The highest BCUT2D eigenvalue weighted by Crippen LogP contribution is 2.40. The van der Waals surface area contributed by atoms with Crippen LogP contribution < -0.4 is 10.6 Å². The number of aliphatic hydroxyl groups is 1. The number of benzene rings is 1. The number of hydrogen-bond acceptors (Lipinski definition) is 6. The number of rotatable bonds is 4. The van der Waals surface area contributed by atoms with Gasteiger partial charge in [0.2, 0.25) is 0 Å². The van der Waals surface area contributed by atoms with Crippen molar-refractivity contribution in [2.45, 2.75) is 19.0 Å². The maximum Gasteiger partial charge on any atom is 0.332 e. The molecule has 0 amide bonds. The quantitative estimate of drug-likeness (QED) is 0.431. The van der Waals surface area contributed by atoms with E-state index < -0.39 is 18.6 Å². The zero-order valence-electron chi connectivity index (χ0n) is 19.4. The molecule has 0 bridgehead atoms. The molecule has 11 heteroatoms. The molecular formula is C25H22ClF2N5O3. The van der Waals surface area contributed by atoms with Gasteiger partial charge in [0.05, 0.1) is 23.8 Å². The molecule has 186 valence electrons. The van der Waals surface area contributed by atoms with Gasteiger partial charge in [-0.1, -0.05) is 17.7 Å². The summed E-state index contributed by atoms with van der Waals surface area (Å²) in [7, 11) is 1.64. The zero-order valence-corrected chi connectivity index (χ0v) is 20.1. The molecule has 0 spiro atoms. The highest BCUT2D eigenvalue weighted by molar-refractivity contribution is 6.32. The van der Waals surface area contributed by atoms with E-state index in [-0.39, 0.29) is 29.5 Å². The monoisotopic (exact) mass is 513 g/mol. The number of aromatic hydroxyl groups is 1. The molecule has 0 aliphatic carbocycles. The van der Waals surface area contributed by atoms with Crippen LogP contribution in [0.25, 0.3) is 28.1 Å². The topological polar surface area (TPSA) is 96.4 Å². The van der Waals surface area contributed by atoms with Crippen molar-refractivity contribution in [3.8, 4) is 33.8 Å². The Kier molecular flexibility index (Phi) is 5.80. The average molecular weight is 514 g/mol. The number of imidazole rings is 1. The summed E-state index contributed by atoms with van der Waals surface area (Å²) < 4.78 is 30.5. The predicted molar refractivity (Wildman–Crippen MR) is 132 cm³/mol. The first-order valence-electron chi connectivity index (χ1n) is 11.1. The van der Waals surface area contributed by atoms with Crippen molar-refractivity contribution in [3.63, 3.8) is 0 Å². The molecule has 1 fully saturated rings. The second kappa shape index (κ2) is 8.72. The number of aryl methyl sites for hydroxylation is 2. The molecular weight excluding hydrogens is 492 g/mol.